The summed E-state index contributed by atoms with van der Waals surface area (Å²) in [7, 11) is 4.14. The third-order valence-electron chi connectivity index (χ3n) is 3.51. The first kappa shape index (κ1) is 7.57. The van der Waals surface area contributed by atoms with Gasteiger partial charge in [-0.15, -0.1) is 0 Å². The van der Waals surface area contributed by atoms with Crippen molar-refractivity contribution in [2.24, 2.45) is 0 Å². The maximum Gasteiger partial charge on any atom is 0.0600 e. The average molecular weight is 173 g/mol. The van der Waals surface area contributed by atoms with Gasteiger partial charge < -0.3 is 4.90 Å². The van der Waals surface area contributed by atoms with E-state index in [0.29, 0.717) is 0 Å². The highest BCUT2D eigenvalue weighted by atomic mass is 15.1. The Labute approximate surface area is 79.4 Å². The maximum absolute atomic E-state index is 4.14. The van der Waals surface area contributed by atoms with E-state index < -0.39 is 0 Å². The average Bonchev–Trinajstić information content (AvgIpc) is 2.41. The van der Waals surface area contributed by atoms with Crippen LogP contribution >= 0.6 is 0 Å². The Morgan fingerprint density at radius 1 is 1.08 bits per heavy atom. The lowest BCUT2D eigenvalue weighted by Crippen LogP contribution is -3.08. The van der Waals surface area contributed by atoms with Crippen molar-refractivity contribution in [1.29, 1.82) is 0 Å². The monoisotopic (exact) mass is 173 g/mol. The van der Waals surface area contributed by atoms with E-state index in [0.717, 1.165) is 11.8 Å². The molecule has 13 heavy (non-hydrogen) atoms. The van der Waals surface area contributed by atoms with E-state index in [1.54, 1.807) is 11.1 Å². The molecule has 1 N–H and O–H groups in total. The van der Waals surface area contributed by atoms with E-state index in [4.69, 9.17) is 0 Å². The van der Waals surface area contributed by atoms with E-state index in [-0.39, 0.29) is 0 Å². The smallest absolute Gasteiger partial charge is 0.0600 e. The van der Waals surface area contributed by atoms with Crippen LogP contribution in [0.3, 0.4) is 0 Å². The minimum Gasteiger partial charge on any atom is -0.467 e. The predicted molar refractivity (Wildman–Crippen MR) is 52.6 cm³/mol. The van der Waals surface area contributed by atoms with Crippen LogP contribution < -0.4 is 4.90 Å². The molecule has 1 saturated heterocycles. The van der Waals surface area contributed by atoms with Crippen molar-refractivity contribution in [2.45, 2.75) is 18.3 Å². The van der Waals surface area contributed by atoms with Gasteiger partial charge in [-0.25, -0.2) is 0 Å². The normalized spacial score (nSPS) is 35.9. The molecule has 1 heteroatoms. The summed E-state index contributed by atoms with van der Waals surface area (Å²) >= 11 is 0. The second kappa shape index (κ2) is 2.58. The second-order valence-corrected chi connectivity index (χ2v) is 4.42. The zero-order valence-corrected chi connectivity index (χ0v) is 7.79. The van der Waals surface area contributed by atoms with Crippen molar-refractivity contribution >= 4 is 0 Å². The van der Waals surface area contributed by atoms with Crippen LogP contribution in [-0.4, -0.2) is 13.1 Å². The van der Waals surface area contributed by atoms with Gasteiger partial charge in [0.1, 0.15) is 0 Å². The summed E-state index contributed by atoms with van der Waals surface area (Å²) in [4.78, 5) is 1.46. The second-order valence-electron chi connectivity index (χ2n) is 4.42. The van der Waals surface area contributed by atoms with E-state index in [9.17, 15) is 0 Å². The van der Waals surface area contributed by atoms with Gasteiger partial charge in [0.05, 0.1) is 13.1 Å². The Kier molecular flexibility index (Phi) is 1.50. The fourth-order valence-corrected chi connectivity index (χ4v) is 3.02. The molecular formula is C12H15N. The Morgan fingerprint density at radius 2 is 1.62 bits per heavy atom. The number of piperidine rings is 1. The molecule has 1 nitrogen and oxygen atoms in total. The molecular weight excluding hydrogens is 158 g/mol. The molecule has 0 spiro atoms. The third kappa shape index (κ3) is 1.03. The fraction of sp³-hybridized carbons (Fsp3) is 0.417. The molecule has 2 aliphatic rings. The highest BCUT2D eigenvalue weighted by Crippen LogP contribution is 2.41. The summed E-state index contributed by atoms with van der Waals surface area (Å²) < 4.78 is 0. The van der Waals surface area contributed by atoms with Crippen LogP contribution in [0.5, 0.6) is 0 Å². The Bertz CT molecular complexity index is 297. The Balaban J connectivity index is 2.09. The number of fused-ring (bicyclic) bond motifs is 5. The van der Waals surface area contributed by atoms with E-state index in [2.05, 4.69) is 31.3 Å². The number of quaternary nitrogens is 1. The molecule has 0 saturated carbocycles. The molecule has 2 atom stereocenters. The molecule has 1 heterocycles. The van der Waals surface area contributed by atoms with Crippen molar-refractivity contribution < 1.29 is 4.90 Å². The number of hydrogen-bond acceptors (Lipinski definition) is 0. The lowest BCUT2D eigenvalue weighted by atomic mass is 9.96. The van der Waals surface area contributed by atoms with Crippen molar-refractivity contribution in [1.82, 2.24) is 0 Å². The number of hydrogen-bond donors (Lipinski definition) is 1. The molecule has 1 fully saturated rings. The largest absolute Gasteiger partial charge is 0.467 e. The lowest BCUT2D eigenvalue weighted by molar-refractivity contribution is -0.861. The van der Waals surface area contributed by atoms with Gasteiger partial charge in [0, 0.05) is 11.8 Å². The van der Waals surface area contributed by atoms with Crippen molar-refractivity contribution in [3.63, 3.8) is 0 Å². The Hall–Kier alpha value is -0.820. The van der Waals surface area contributed by atoms with Crippen LogP contribution in [-0.2, 0) is 0 Å². The van der Waals surface area contributed by atoms with Crippen molar-refractivity contribution in [2.75, 3.05) is 13.1 Å². The first-order valence-corrected chi connectivity index (χ1v) is 5.10. The van der Waals surface area contributed by atoms with Gasteiger partial charge >= 0.3 is 0 Å². The highest BCUT2D eigenvalue weighted by Gasteiger charge is 2.36. The third-order valence-corrected chi connectivity index (χ3v) is 3.51. The number of benzene rings is 1. The van der Waals surface area contributed by atoms with Crippen LogP contribution in [0, 0.1) is 7.05 Å². The first-order valence-electron chi connectivity index (χ1n) is 5.10. The summed E-state index contributed by atoms with van der Waals surface area (Å²) in [5.41, 5.74) is 3.21. The van der Waals surface area contributed by atoms with Gasteiger partial charge in [0.25, 0.3) is 0 Å². The van der Waals surface area contributed by atoms with Gasteiger partial charge in [-0.05, 0) is 17.5 Å². The van der Waals surface area contributed by atoms with Crippen LogP contribution in [0.2, 0.25) is 0 Å². The molecule has 1 aromatic carbocycles. The Morgan fingerprint density at radius 3 is 2.15 bits per heavy atom. The highest BCUT2D eigenvalue weighted by molar-refractivity contribution is 5.39. The summed E-state index contributed by atoms with van der Waals surface area (Å²) in [5, 5.41) is 0. The molecule has 0 amide bonds. The molecule has 3 rings (SSSR count). The van der Waals surface area contributed by atoms with E-state index in [1.807, 2.05) is 0 Å². The van der Waals surface area contributed by atoms with E-state index in [1.165, 1.54) is 24.4 Å². The zero-order chi connectivity index (χ0) is 8.84. The fourth-order valence-electron chi connectivity index (χ4n) is 3.02. The van der Waals surface area contributed by atoms with Gasteiger partial charge in [-0.2, -0.15) is 7.05 Å². The van der Waals surface area contributed by atoms with Crippen LogP contribution in [0.25, 0.3) is 0 Å². The predicted octanol–water partition coefficient (Wildman–Crippen LogP) is 0.948. The molecule has 0 radical (unpaired) electrons. The van der Waals surface area contributed by atoms with Crippen LogP contribution in [0.15, 0.2) is 24.3 Å². The molecule has 2 bridgehead atoms. The minimum absolute atomic E-state index is 0.794. The quantitative estimate of drug-likeness (QED) is 0.557. The summed E-state index contributed by atoms with van der Waals surface area (Å²) in [6.07, 6.45) is 1.37. The first-order chi connectivity index (χ1) is 6.34. The molecule has 1 aromatic rings. The van der Waals surface area contributed by atoms with E-state index >= 15 is 0 Å². The number of rotatable bonds is 0. The van der Waals surface area contributed by atoms with Gasteiger partial charge in [-0.3, -0.25) is 0 Å². The number of likely N-dealkylation sites (tertiary alicyclic amines) is 1. The van der Waals surface area contributed by atoms with Crippen LogP contribution in [0.4, 0.5) is 0 Å². The van der Waals surface area contributed by atoms with Gasteiger partial charge in [0.15, 0.2) is 0 Å². The SMILES string of the molecule is [CH2-][NH+]1CC2CC(C1)c1ccccc12. The van der Waals surface area contributed by atoms with Crippen molar-refractivity contribution in [3.05, 3.63) is 42.4 Å². The zero-order valence-electron chi connectivity index (χ0n) is 7.79. The topological polar surface area (TPSA) is 4.44 Å². The van der Waals surface area contributed by atoms with Gasteiger partial charge in [-0.1, -0.05) is 24.3 Å². The van der Waals surface area contributed by atoms with Gasteiger partial charge in [0.2, 0.25) is 0 Å². The minimum atomic E-state index is 0.794. The maximum atomic E-state index is 4.14. The van der Waals surface area contributed by atoms with Crippen LogP contribution in [0.1, 0.15) is 29.4 Å². The summed E-state index contributed by atoms with van der Waals surface area (Å²) in [6.45, 7) is 2.46. The summed E-state index contributed by atoms with van der Waals surface area (Å²) in [6, 6.07) is 8.95. The standard InChI is InChI=1S/C12H15N/c1-13-7-9-6-10(8-13)12-5-3-2-4-11(9)12/h2-5,9-10,13H,1,6-8H2. The summed E-state index contributed by atoms with van der Waals surface area (Å²) in [5.74, 6) is 1.59. The number of nitrogens with one attached hydrogen (secondary N) is 1. The molecule has 1 aliphatic heterocycles. The molecule has 1 aliphatic carbocycles. The molecule has 0 aromatic heterocycles. The van der Waals surface area contributed by atoms with Crippen molar-refractivity contribution in [3.8, 4) is 0 Å². The lowest BCUT2D eigenvalue weighted by Gasteiger charge is -2.30. The molecule has 2 unspecified atom stereocenters. The molecule has 68 valence electrons.